The molecule has 1 unspecified atom stereocenters. The number of carbonyl (C=O) groups excluding carboxylic acids is 2. The van der Waals surface area contributed by atoms with Gasteiger partial charge in [-0.15, -0.1) is 12.4 Å². The summed E-state index contributed by atoms with van der Waals surface area (Å²) in [4.78, 5) is 27.7. The fraction of sp³-hybridized carbons (Fsp3) is 0.478. The van der Waals surface area contributed by atoms with Crippen molar-refractivity contribution in [2.24, 2.45) is 5.92 Å². The van der Waals surface area contributed by atoms with E-state index in [1.54, 1.807) is 12.1 Å². The van der Waals surface area contributed by atoms with Crippen molar-refractivity contribution in [3.8, 4) is 0 Å². The summed E-state index contributed by atoms with van der Waals surface area (Å²) in [6, 6.07) is 13.0. The number of piperidine rings is 1. The minimum absolute atomic E-state index is 0. The molecule has 162 valence electrons. The summed E-state index contributed by atoms with van der Waals surface area (Å²) in [5, 5.41) is 6.53. The van der Waals surface area contributed by atoms with E-state index in [0.29, 0.717) is 12.5 Å². The highest BCUT2D eigenvalue weighted by atomic mass is 35.5. The highest BCUT2D eigenvalue weighted by molar-refractivity contribution is 5.95. The molecule has 4 rings (SSSR count). The number of rotatable bonds is 8. The third-order valence-corrected chi connectivity index (χ3v) is 5.83. The maximum absolute atomic E-state index is 13.3. The lowest BCUT2D eigenvalue weighted by atomic mass is 10.0. The number of furan rings is 1. The van der Waals surface area contributed by atoms with E-state index in [9.17, 15) is 9.59 Å². The molecule has 2 amide bonds. The molecule has 2 heterocycles. The van der Waals surface area contributed by atoms with Crippen LogP contribution in [0, 0.1) is 5.92 Å². The third kappa shape index (κ3) is 6.09. The van der Waals surface area contributed by atoms with Crippen LogP contribution in [0.4, 0.5) is 0 Å². The second-order valence-corrected chi connectivity index (χ2v) is 8.14. The van der Waals surface area contributed by atoms with E-state index in [0.717, 1.165) is 44.0 Å². The van der Waals surface area contributed by atoms with E-state index < -0.39 is 6.04 Å². The number of hydrogen-bond donors (Lipinski definition) is 2. The monoisotopic (exact) mass is 431 g/mol. The van der Waals surface area contributed by atoms with Crippen LogP contribution in [0.1, 0.15) is 41.8 Å². The van der Waals surface area contributed by atoms with Crippen LogP contribution in [0.5, 0.6) is 0 Å². The Balaban J connectivity index is 0.00000256. The summed E-state index contributed by atoms with van der Waals surface area (Å²) in [5.41, 5.74) is 1.02. The summed E-state index contributed by atoms with van der Waals surface area (Å²) in [6.45, 7) is 2.56. The maximum Gasteiger partial charge on any atom is 0.287 e. The Bertz CT molecular complexity index is 800. The van der Waals surface area contributed by atoms with Crippen LogP contribution >= 0.6 is 12.4 Å². The normalized spacial score (nSPS) is 17.8. The van der Waals surface area contributed by atoms with Crippen LogP contribution in [-0.2, 0) is 11.2 Å². The lowest BCUT2D eigenvalue weighted by Gasteiger charge is -2.35. The summed E-state index contributed by atoms with van der Waals surface area (Å²) < 4.78 is 5.19. The van der Waals surface area contributed by atoms with Gasteiger partial charge in [0.2, 0.25) is 5.91 Å². The molecule has 1 aromatic heterocycles. The van der Waals surface area contributed by atoms with Crippen molar-refractivity contribution in [3.63, 3.8) is 0 Å². The predicted octanol–water partition coefficient (Wildman–Crippen LogP) is 3.03. The molecule has 1 aromatic carbocycles. The van der Waals surface area contributed by atoms with Crippen LogP contribution in [-0.4, -0.2) is 48.4 Å². The fourth-order valence-corrected chi connectivity index (χ4v) is 3.87. The van der Waals surface area contributed by atoms with E-state index in [4.69, 9.17) is 4.42 Å². The zero-order valence-corrected chi connectivity index (χ0v) is 17.9. The Hall–Kier alpha value is -2.31. The molecule has 30 heavy (non-hydrogen) atoms. The van der Waals surface area contributed by atoms with Gasteiger partial charge in [0.25, 0.3) is 5.91 Å². The molecule has 2 aliphatic rings. The number of hydrogen-bond acceptors (Lipinski definition) is 4. The zero-order chi connectivity index (χ0) is 20.1. The number of nitrogens with zero attached hydrogens (tertiary/aromatic N) is 1. The number of amides is 2. The Kier molecular flexibility index (Phi) is 7.94. The Morgan fingerprint density at radius 2 is 1.77 bits per heavy atom. The van der Waals surface area contributed by atoms with Crippen molar-refractivity contribution >= 4 is 24.2 Å². The van der Waals surface area contributed by atoms with Gasteiger partial charge in [-0.3, -0.25) is 9.59 Å². The summed E-state index contributed by atoms with van der Waals surface area (Å²) in [7, 11) is 0. The Morgan fingerprint density at radius 1 is 1.03 bits per heavy atom. The molecule has 2 aromatic rings. The average Bonchev–Trinajstić information content (AvgIpc) is 3.42. The van der Waals surface area contributed by atoms with E-state index in [-0.39, 0.29) is 30.0 Å². The van der Waals surface area contributed by atoms with Crippen molar-refractivity contribution in [1.82, 2.24) is 15.5 Å². The Morgan fingerprint density at radius 3 is 2.40 bits per heavy atom. The molecule has 1 saturated carbocycles. The summed E-state index contributed by atoms with van der Waals surface area (Å²) >= 11 is 0. The van der Waals surface area contributed by atoms with E-state index in [1.807, 2.05) is 35.2 Å². The van der Waals surface area contributed by atoms with Crippen molar-refractivity contribution in [3.05, 3.63) is 60.1 Å². The molecule has 1 atom stereocenters. The van der Waals surface area contributed by atoms with Gasteiger partial charge in [-0.25, -0.2) is 0 Å². The molecule has 2 fully saturated rings. The SMILES string of the molecule is Cl.O=C(NC(Cc1ccccc1)C(=O)N1CCC(NCC2CC2)CC1)c1ccco1. The second kappa shape index (κ2) is 10.6. The van der Waals surface area contributed by atoms with Gasteiger partial charge in [0.1, 0.15) is 6.04 Å². The van der Waals surface area contributed by atoms with Crippen LogP contribution in [0.15, 0.2) is 53.1 Å². The first-order chi connectivity index (χ1) is 14.2. The lowest BCUT2D eigenvalue weighted by molar-refractivity contribution is -0.134. The number of benzene rings is 1. The van der Waals surface area contributed by atoms with E-state index in [2.05, 4.69) is 10.6 Å². The molecule has 6 nitrogen and oxygen atoms in total. The van der Waals surface area contributed by atoms with Crippen molar-refractivity contribution in [1.29, 1.82) is 0 Å². The first-order valence-electron chi connectivity index (χ1n) is 10.6. The minimum atomic E-state index is -0.606. The minimum Gasteiger partial charge on any atom is -0.459 e. The quantitative estimate of drug-likeness (QED) is 0.673. The van der Waals surface area contributed by atoms with Crippen LogP contribution in [0.25, 0.3) is 0 Å². The number of likely N-dealkylation sites (tertiary alicyclic amines) is 1. The van der Waals surface area contributed by atoms with E-state index in [1.165, 1.54) is 19.1 Å². The standard InChI is InChI=1S/C23H29N3O3.ClH/c27-22(21-7-4-14-29-21)25-20(15-17-5-2-1-3-6-17)23(28)26-12-10-19(11-13-26)24-16-18-8-9-18;/h1-7,14,18-20,24H,8-13,15-16H2,(H,25,27);1H. The third-order valence-electron chi connectivity index (χ3n) is 5.83. The van der Waals surface area contributed by atoms with Crippen LogP contribution in [0.3, 0.4) is 0 Å². The van der Waals surface area contributed by atoms with Crippen molar-refractivity contribution in [2.75, 3.05) is 19.6 Å². The van der Waals surface area contributed by atoms with Gasteiger partial charge in [-0.1, -0.05) is 30.3 Å². The molecule has 1 saturated heterocycles. The van der Waals surface area contributed by atoms with E-state index >= 15 is 0 Å². The van der Waals surface area contributed by atoms with Gasteiger partial charge < -0.3 is 20.0 Å². The van der Waals surface area contributed by atoms with Gasteiger partial charge in [0.05, 0.1) is 6.26 Å². The number of halogens is 1. The molecule has 0 radical (unpaired) electrons. The molecule has 7 heteroatoms. The van der Waals surface area contributed by atoms with Crippen LogP contribution in [0.2, 0.25) is 0 Å². The molecule has 1 aliphatic heterocycles. The van der Waals surface area contributed by atoms with Crippen molar-refractivity contribution < 1.29 is 14.0 Å². The summed E-state index contributed by atoms with van der Waals surface area (Å²) in [5.74, 6) is 0.709. The van der Waals surface area contributed by atoms with Gasteiger partial charge in [0, 0.05) is 25.6 Å². The predicted molar refractivity (Wildman–Crippen MR) is 118 cm³/mol. The largest absolute Gasteiger partial charge is 0.459 e. The molecule has 1 aliphatic carbocycles. The van der Waals surface area contributed by atoms with Gasteiger partial charge >= 0.3 is 0 Å². The molecule has 2 N–H and O–H groups in total. The van der Waals surface area contributed by atoms with Gasteiger partial charge in [-0.05, 0) is 55.8 Å². The average molecular weight is 432 g/mol. The van der Waals surface area contributed by atoms with Gasteiger partial charge in [0.15, 0.2) is 5.76 Å². The summed E-state index contributed by atoms with van der Waals surface area (Å²) in [6.07, 6.45) is 6.54. The molecule has 0 bridgehead atoms. The number of nitrogens with one attached hydrogen (secondary N) is 2. The topological polar surface area (TPSA) is 74.6 Å². The van der Waals surface area contributed by atoms with Crippen LogP contribution < -0.4 is 10.6 Å². The first kappa shape index (κ1) is 22.4. The highest BCUT2D eigenvalue weighted by Crippen LogP contribution is 2.28. The van der Waals surface area contributed by atoms with Crippen molar-refractivity contribution in [2.45, 2.75) is 44.2 Å². The zero-order valence-electron chi connectivity index (χ0n) is 17.1. The molecular formula is C23H30ClN3O3. The first-order valence-corrected chi connectivity index (χ1v) is 10.6. The van der Waals surface area contributed by atoms with Gasteiger partial charge in [-0.2, -0.15) is 0 Å². The number of carbonyl (C=O) groups is 2. The smallest absolute Gasteiger partial charge is 0.287 e. The highest BCUT2D eigenvalue weighted by Gasteiger charge is 2.31. The lowest BCUT2D eigenvalue weighted by Crippen LogP contribution is -2.53. The fourth-order valence-electron chi connectivity index (χ4n) is 3.87. The Labute approximate surface area is 183 Å². The molecular weight excluding hydrogens is 402 g/mol. The second-order valence-electron chi connectivity index (χ2n) is 8.14. The maximum atomic E-state index is 13.3. The molecule has 0 spiro atoms.